The zero-order valence-electron chi connectivity index (χ0n) is 18.8. The lowest BCUT2D eigenvalue weighted by Crippen LogP contribution is -2.47. The van der Waals surface area contributed by atoms with Crippen molar-refractivity contribution in [3.63, 3.8) is 0 Å². The van der Waals surface area contributed by atoms with Crippen LogP contribution in [-0.4, -0.2) is 53.8 Å². The molecule has 5 rings (SSSR count). The van der Waals surface area contributed by atoms with E-state index in [1.807, 2.05) is 29.2 Å². The maximum absolute atomic E-state index is 13.3. The first-order chi connectivity index (χ1) is 16.0. The Labute approximate surface area is 192 Å². The molecule has 172 valence electrons. The van der Waals surface area contributed by atoms with Crippen LogP contribution in [0, 0.1) is 5.92 Å². The summed E-state index contributed by atoms with van der Waals surface area (Å²) in [5.41, 5.74) is 3.62. The van der Waals surface area contributed by atoms with Gasteiger partial charge in [0.25, 0.3) is 5.91 Å². The minimum atomic E-state index is -0.285. The number of piperazine rings is 1. The standard InChI is InChI=1S/C25H29N5O3/c1-29(17-6-8-18(9-7-17)30-11-10-26-24(32)15-30)25(33)20-13-19-21(12-16-4-2-3-5-16)27-28-22(19)14-23(20)31/h6-9,13-14,16,31H,2-5,10-12,15H2,1H3,(H,26,32)(H,27,28). The molecule has 2 amide bonds. The fraction of sp³-hybridized carbons (Fsp3) is 0.400. The molecule has 1 aromatic heterocycles. The molecule has 8 nitrogen and oxygen atoms in total. The summed E-state index contributed by atoms with van der Waals surface area (Å²) in [6.07, 6.45) is 5.88. The molecule has 2 aromatic carbocycles. The van der Waals surface area contributed by atoms with E-state index in [0.717, 1.165) is 35.2 Å². The van der Waals surface area contributed by atoms with Gasteiger partial charge in [0, 0.05) is 43.0 Å². The fourth-order valence-electron chi connectivity index (χ4n) is 4.97. The van der Waals surface area contributed by atoms with Gasteiger partial charge in [0.05, 0.1) is 23.3 Å². The van der Waals surface area contributed by atoms with Gasteiger partial charge < -0.3 is 20.2 Å². The van der Waals surface area contributed by atoms with Gasteiger partial charge in [0.15, 0.2) is 0 Å². The summed E-state index contributed by atoms with van der Waals surface area (Å²) >= 11 is 0. The number of anilines is 2. The molecule has 1 saturated carbocycles. The number of carbonyl (C=O) groups excluding carboxylic acids is 2. The number of phenols is 1. The van der Waals surface area contributed by atoms with Crippen LogP contribution in [0.1, 0.15) is 41.7 Å². The number of H-pyrrole nitrogens is 1. The van der Waals surface area contributed by atoms with Gasteiger partial charge in [-0.3, -0.25) is 14.7 Å². The molecule has 3 N–H and O–H groups in total. The van der Waals surface area contributed by atoms with E-state index < -0.39 is 0 Å². The fourth-order valence-corrected chi connectivity index (χ4v) is 4.97. The van der Waals surface area contributed by atoms with E-state index in [-0.39, 0.29) is 23.1 Å². The summed E-state index contributed by atoms with van der Waals surface area (Å²) in [7, 11) is 1.70. The normalized spacial score (nSPS) is 16.9. The zero-order valence-corrected chi connectivity index (χ0v) is 18.8. The van der Waals surface area contributed by atoms with Gasteiger partial charge in [-0.2, -0.15) is 5.10 Å². The summed E-state index contributed by atoms with van der Waals surface area (Å²) in [6.45, 7) is 1.70. The summed E-state index contributed by atoms with van der Waals surface area (Å²) in [4.78, 5) is 28.5. The smallest absolute Gasteiger partial charge is 0.261 e. The molecule has 2 aliphatic rings. The minimum Gasteiger partial charge on any atom is -0.507 e. The van der Waals surface area contributed by atoms with Crippen LogP contribution in [0.25, 0.3) is 10.9 Å². The number of fused-ring (bicyclic) bond motifs is 1. The van der Waals surface area contributed by atoms with Crippen molar-refractivity contribution in [3.05, 3.63) is 47.7 Å². The third kappa shape index (κ3) is 4.25. The van der Waals surface area contributed by atoms with Gasteiger partial charge in [-0.05, 0) is 42.7 Å². The summed E-state index contributed by atoms with van der Waals surface area (Å²) in [5, 5.41) is 21.8. The highest BCUT2D eigenvalue weighted by Gasteiger charge is 2.23. The Morgan fingerprint density at radius 3 is 2.70 bits per heavy atom. The van der Waals surface area contributed by atoms with Crippen molar-refractivity contribution in [1.29, 1.82) is 0 Å². The molecule has 0 bridgehead atoms. The Morgan fingerprint density at radius 2 is 1.97 bits per heavy atom. The molecule has 33 heavy (non-hydrogen) atoms. The monoisotopic (exact) mass is 447 g/mol. The lowest BCUT2D eigenvalue weighted by molar-refractivity contribution is -0.120. The second-order valence-corrected chi connectivity index (χ2v) is 9.09. The second-order valence-electron chi connectivity index (χ2n) is 9.09. The van der Waals surface area contributed by atoms with Crippen molar-refractivity contribution < 1.29 is 14.7 Å². The first-order valence-electron chi connectivity index (χ1n) is 11.6. The second kappa shape index (κ2) is 8.77. The van der Waals surface area contributed by atoms with Crippen molar-refractivity contribution in [2.24, 2.45) is 5.92 Å². The van der Waals surface area contributed by atoms with Gasteiger partial charge in [0.2, 0.25) is 5.91 Å². The van der Waals surface area contributed by atoms with Gasteiger partial charge in [-0.1, -0.05) is 25.7 Å². The molecule has 3 aromatic rings. The highest BCUT2D eigenvalue weighted by atomic mass is 16.3. The molecule has 8 heteroatoms. The molecule has 0 spiro atoms. The van der Waals surface area contributed by atoms with Gasteiger partial charge in [-0.15, -0.1) is 0 Å². The Bertz CT molecular complexity index is 1180. The number of aromatic hydroxyl groups is 1. The Hall–Kier alpha value is -3.55. The van der Waals surface area contributed by atoms with Gasteiger partial charge >= 0.3 is 0 Å². The molecule has 1 saturated heterocycles. The molecule has 1 aliphatic heterocycles. The molecule has 0 unspecified atom stereocenters. The summed E-state index contributed by atoms with van der Waals surface area (Å²) in [6, 6.07) is 10.9. The maximum atomic E-state index is 13.3. The number of amides is 2. The van der Waals surface area contributed by atoms with Crippen LogP contribution in [-0.2, 0) is 11.2 Å². The molecule has 0 atom stereocenters. The summed E-state index contributed by atoms with van der Waals surface area (Å²) < 4.78 is 0. The molecule has 1 aliphatic carbocycles. The number of hydrogen-bond acceptors (Lipinski definition) is 5. The third-order valence-electron chi connectivity index (χ3n) is 6.89. The number of nitrogens with one attached hydrogen (secondary N) is 2. The lowest BCUT2D eigenvalue weighted by Gasteiger charge is -2.29. The van der Waals surface area contributed by atoms with Crippen LogP contribution in [0.3, 0.4) is 0 Å². The zero-order chi connectivity index (χ0) is 22.9. The van der Waals surface area contributed by atoms with Gasteiger partial charge in [-0.25, -0.2) is 0 Å². The van der Waals surface area contributed by atoms with Gasteiger partial charge in [0.1, 0.15) is 5.75 Å². The van der Waals surface area contributed by atoms with Crippen molar-refractivity contribution in [3.8, 4) is 5.75 Å². The number of phenolic OH excluding ortho intramolecular Hbond substituents is 1. The first-order valence-corrected chi connectivity index (χ1v) is 11.6. The van der Waals surface area contributed by atoms with E-state index >= 15 is 0 Å². The number of carbonyl (C=O) groups is 2. The maximum Gasteiger partial charge on any atom is 0.261 e. The van der Waals surface area contributed by atoms with Crippen LogP contribution in [0.15, 0.2) is 36.4 Å². The van der Waals surface area contributed by atoms with Crippen molar-refractivity contribution in [2.45, 2.75) is 32.1 Å². The van der Waals surface area contributed by atoms with E-state index in [1.165, 1.54) is 30.6 Å². The number of hydrogen-bond donors (Lipinski definition) is 3. The molecular weight excluding hydrogens is 418 g/mol. The predicted octanol–water partition coefficient (Wildman–Crippen LogP) is 3.21. The van der Waals surface area contributed by atoms with Crippen LogP contribution in [0.5, 0.6) is 5.75 Å². The largest absolute Gasteiger partial charge is 0.507 e. The predicted molar refractivity (Wildman–Crippen MR) is 128 cm³/mol. The third-order valence-corrected chi connectivity index (χ3v) is 6.89. The Morgan fingerprint density at radius 1 is 1.21 bits per heavy atom. The van der Waals surface area contributed by atoms with Crippen molar-refractivity contribution in [1.82, 2.24) is 15.5 Å². The van der Waals surface area contributed by atoms with E-state index in [2.05, 4.69) is 15.5 Å². The Balaban J connectivity index is 1.37. The number of aromatic nitrogens is 2. The van der Waals surface area contributed by atoms with E-state index in [9.17, 15) is 14.7 Å². The topological polar surface area (TPSA) is 102 Å². The van der Waals surface area contributed by atoms with Crippen molar-refractivity contribution >= 4 is 34.1 Å². The first kappa shape index (κ1) is 21.3. The number of benzene rings is 2. The Kier molecular flexibility index (Phi) is 5.66. The summed E-state index contributed by atoms with van der Waals surface area (Å²) in [5.74, 6) is 0.297. The molecule has 2 fully saturated rings. The van der Waals surface area contributed by atoms with E-state index in [1.54, 1.807) is 19.2 Å². The molecule has 2 heterocycles. The van der Waals surface area contributed by atoms with Crippen LogP contribution in [0.2, 0.25) is 0 Å². The van der Waals surface area contributed by atoms with E-state index in [4.69, 9.17) is 0 Å². The highest BCUT2D eigenvalue weighted by molar-refractivity contribution is 6.09. The minimum absolute atomic E-state index is 0.00929. The van der Waals surface area contributed by atoms with Crippen LogP contribution in [0.4, 0.5) is 11.4 Å². The quantitative estimate of drug-likeness (QED) is 0.558. The molecule has 0 radical (unpaired) electrons. The highest BCUT2D eigenvalue weighted by Crippen LogP contribution is 2.32. The SMILES string of the molecule is CN(C(=O)c1cc2c(CC3CCCC3)n[nH]c2cc1O)c1ccc(N2CCNC(=O)C2)cc1. The lowest BCUT2D eigenvalue weighted by atomic mass is 9.99. The van der Waals surface area contributed by atoms with E-state index in [0.29, 0.717) is 24.7 Å². The average Bonchev–Trinajstić information content (AvgIpc) is 3.48. The number of nitrogens with zero attached hydrogens (tertiary/aromatic N) is 3. The number of rotatable bonds is 5. The molecular formula is C25H29N5O3. The number of aromatic amines is 1. The average molecular weight is 448 g/mol. The van der Waals surface area contributed by atoms with Crippen LogP contribution >= 0.6 is 0 Å². The van der Waals surface area contributed by atoms with Crippen molar-refractivity contribution in [2.75, 3.05) is 36.5 Å². The van der Waals surface area contributed by atoms with Crippen LogP contribution < -0.4 is 15.1 Å².